The highest BCUT2D eigenvalue weighted by Gasteiger charge is 2.57. The number of halogens is 3. The van der Waals surface area contributed by atoms with Crippen molar-refractivity contribution in [2.24, 2.45) is 0 Å². The number of thioether (sulfide) groups is 1. The summed E-state index contributed by atoms with van der Waals surface area (Å²) in [4.78, 5) is 18.5. The number of carbonyl (C=O) groups excluding carboxylic acids is 1. The van der Waals surface area contributed by atoms with E-state index in [4.69, 9.17) is 4.74 Å². The van der Waals surface area contributed by atoms with Gasteiger partial charge in [-0.3, -0.25) is 14.3 Å². The fraction of sp³-hybridized carbons (Fsp3) is 0.250. The first-order valence-corrected chi connectivity index (χ1v) is 11.1. The molecule has 5 nitrogen and oxygen atoms in total. The lowest BCUT2D eigenvalue weighted by Gasteiger charge is -2.42. The largest absolute Gasteiger partial charge is 0.431 e. The SMILES string of the molecule is COC1C(C)=CC23C=CC=C(C(F)(F)F)N2c2ncc(SC(=O)c4ccccc4)n2C3=C1C. The zero-order chi connectivity index (χ0) is 23.5. The topological polar surface area (TPSA) is 47.4 Å². The van der Waals surface area contributed by atoms with Crippen LogP contribution in [-0.2, 0) is 4.74 Å². The molecule has 9 heteroatoms. The van der Waals surface area contributed by atoms with Gasteiger partial charge in [0, 0.05) is 12.7 Å². The van der Waals surface area contributed by atoms with Crippen LogP contribution in [-0.4, -0.2) is 39.6 Å². The summed E-state index contributed by atoms with van der Waals surface area (Å²) < 4.78 is 49.6. The van der Waals surface area contributed by atoms with Gasteiger partial charge in [0.15, 0.2) is 0 Å². The molecule has 1 aliphatic carbocycles. The minimum Gasteiger partial charge on any atom is -0.373 e. The highest BCUT2D eigenvalue weighted by atomic mass is 32.2. The minimum absolute atomic E-state index is 0.112. The van der Waals surface area contributed by atoms with Gasteiger partial charge in [0.2, 0.25) is 11.1 Å². The van der Waals surface area contributed by atoms with Crippen molar-refractivity contribution in [3.63, 3.8) is 0 Å². The van der Waals surface area contributed by atoms with E-state index in [0.29, 0.717) is 16.3 Å². The van der Waals surface area contributed by atoms with Gasteiger partial charge in [0.25, 0.3) is 0 Å². The van der Waals surface area contributed by atoms with E-state index in [-0.39, 0.29) is 11.1 Å². The first-order valence-electron chi connectivity index (χ1n) is 10.2. The van der Waals surface area contributed by atoms with Crippen LogP contribution in [0.25, 0.3) is 5.70 Å². The zero-order valence-electron chi connectivity index (χ0n) is 18.1. The Labute approximate surface area is 192 Å². The highest BCUT2D eigenvalue weighted by molar-refractivity contribution is 8.14. The van der Waals surface area contributed by atoms with Crippen LogP contribution in [0.5, 0.6) is 0 Å². The summed E-state index contributed by atoms with van der Waals surface area (Å²) in [6.45, 7) is 3.69. The van der Waals surface area contributed by atoms with Gasteiger partial charge in [-0.15, -0.1) is 0 Å². The van der Waals surface area contributed by atoms with Crippen LogP contribution in [0.4, 0.5) is 19.1 Å². The molecule has 5 rings (SSSR count). The summed E-state index contributed by atoms with van der Waals surface area (Å²) in [6, 6.07) is 8.74. The number of imidazole rings is 1. The molecule has 33 heavy (non-hydrogen) atoms. The maximum atomic E-state index is 14.1. The van der Waals surface area contributed by atoms with Gasteiger partial charge in [0.05, 0.1) is 11.9 Å². The molecule has 170 valence electrons. The van der Waals surface area contributed by atoms with Crippen LogP contribution in [0.2, 0.25) is 0 Å². The number of ether oxygens (including phenoxy) is 1. The van der Waals surface area contributed by atoms with Gasteiger partial charge in [-0.1, -0.05) is 36.4 Å². The lowest BCUT2D eigenvalue weighted by Crippen LogP contribution is -2.50. The van der Waals surface area contributed by atoms with E-state index < -0.39 is 23.5 Å². The van der Waals surface area contributed by atoms with Crippen LogP contribution in [0.1, 0.15) is 24.2 Å². The highest BCUT2D eigenvalue weighted by Crippen LogP contribution is 2.55. The van der Waals surface area contributed by atoms with Crippen molar-refractivity contribution in [3.8, 4) is 0 Å². The minimum atomic E-state index is -4.59. The Balaban J connectivity index is 1.71. The smallest absolute Gasteiger partial charge is 0.373 e. The van der Waals surface area contributed by atoms with Crippen molar-refractivity contribution in [1.29, 1.82) is 0 Å². The molecule has 2 atom stereocenters. The van der Waals surface area contributed by atoms with E-state index in [2.05, 4.69) is 4.98 Å². The van der Waals surface area contributed by atoms with Gasteiger partial charge in [0.1, 0.15) is 22.4 Å². The number of fused-ring (bicyclic) bond motifs is 3. The number of hydrogen-bond acceptors (Lipinski definition) is 5. The maximum absolute atomic E-state index is 14.1. The molecule has 1 aromatic carbocycles. The Bertz CT molecular complexity index is 1270. The summed E-state index contributed by atoms with van der Waals surface area (Å²) in [5.74, 6) is 0.112. The molecule has 0 fully saturated rings. The van der Waals surface area contributed by atoms with Crippen molar-refractivity contribution in [1.82, 2.24) is 9.55 Å². The molecular formula is C24H20F3N3O2S. The lowest BCUT2D eigenvalue weighted by atomic mass is 9.79. The number of methoxy groups -OCH3 is 1. The third-order valence-electron chi connectivity index (χ3n) is 6.09. The first kappa shape index (κ1) is 21.8. The lowest BCUT2D eigenvalue weighted by molar-refractivity contribution is -0.0941. The van der Waals surface area contributed by atoms with Crippen molar-refractivity contribution in [3.05, 3.63) is 83.2 Å². The third kappa shape index (κ3) is 3.13. The van der Waals surface area contributed by atoms with E-state index in [1.54, 1.807) is 48.1 Å². The van der Waals surface area contributed by atoms with E-state index in [1.165, 1.54) is 17.2 Å². The van der Waals surface area contributed by atoms with Gasteiger partial charge < -0.3 is 4.74 Å². The first-order chi connectivity index (χ1) is 15.7. The molecule has 1 aromatic heterocycles. The van der Waals surface area contributed by atoms with Crippen LogP contribution < -0.4 is 4.90 Å². The predicted octanol–water partition coefficient (Wildman–Crippen LogP) is 5.60. The number of aromatic nitrogens is 2. The van der Waals surface area contributed by atoms with Gasteiger partial charge in [-0.2, -0.15) is 13.2 Å². The summed E-state index contributed by atoms with van der Waals surface area (Å²) in [5.41, 5.74) is 0.641. The average molecular weight is 472 g/mol. The van der Waals surface area contributed by atoms with E-state index in [0.717, 1.165) is 29.0 Å². The molecule has 3 heterocycles. The Morgan fingerprint density at radius 3 is 2.61 bits per heavy atom. The van der Waals surface area contributed by atoms with Gasteiger partial charge in [-0.25, -0.2) is 4.98 Å². The summed E-state index contributed by atoms with van der Waals surface area (Å²) in [6.07, 6.45) is 2.47. The summed E-state index contributed by atoms with van der Waals surface area (Å²) >= 11 is 0.941. The Morgan fingerprint density at radius 1 is 1.21 bits per heavy atom. The molecule has 0 saturated heterocycles. The van der Waals surface area contributed by atoms with E-state index in [1.807, 2.05) is 19.9 Å². The molecule has 1 spiro atoms. The van der Waals surface area contributed by atoms with Gasteiger partial charge >= 0.3 is 6.18 Å². The van der Waals surface area contributed by atoms with E-state index >= 15 is 0 Å². The standard InChI is InChI=1S/C24H20F3N3O2S/c1-14-12-23-11-7-10-17(24(25,26)27)30(23)22-28-13-18(29(22)20(23)15(2)19(14)32-3)33-21(31)16-8-5-4-6-9-16/h4-13,19H,1-3H3. The average Bonchev–Trinajstić information content (AvgIpc) is 3.29. The quantitative estimate of drug-likeness (QED) is 0.431. The van der Waals surface area contributed by atoms with Crippen molar-refractivity contribution >= 4 is 28.5 Å². The number of allylic oxidation sites excluding steroid dienone is 3. The Morgan fingerprint density at radius 2 is 1.94 bits per heavy atom. The van der Waals surface area contributed by atoms with Crippen LogP contribution in [0, 0.1) is 0 Å². The van der Waals surface area contributed by atoms with Crippen molar-refractivity contribution in [2.45, 2.75) is 36.7 Å². The molecular weight excluding hydrogens is 451 g/mol. The monoisotopic (exact) mass is 471 g/mol. The molecule has 2 unspecified atom stereocenters. The normalized spacial score (nSPS) is 23.7. The molecule has 0 saturated carbocycles. The molecule has 0 radical (unpaired) electrons. The zero-order valence-corrected chi connectivity index (χ0v) is 18.9. The molecule has 3 aliphatic rings. The molecule has 0 amide bonds. The Kier molecular flexibility index (Phi) is 4.95. The summed E-state index contributed by atoms with van der Waals surface area (Å²) in [5, 5.41) is 0.225. The molecule has 0 bridgehead atoms. The number of alkyl halides is 3. The van der Waals surface area contributed by atoms with Crippen LogP contribution >= 0.6 is 11.8 Å². The number of carbonyl (C=O) groups is 1. The second kappa shape index (κ2) is 7.50. The molecule has 0 N–H and O–H groups in total. The second-order valence-electron chi connectivity index (χ2n) is 8.09. The number of nitrogens with zero attached hydrogens (tertiary/aromatic N) is 3. The fourth-order valence-corrected chi connectivity index (χ4v) is 5.73. The van der Waals surface area contributed by atoms with Crippen molar-refractivity contribution in [2.75, 3.05) is 12.0 Å². The third-order valence-corrected chi connectivity index (χ3v) is 7.01. The maximum Gasteiger partial charge on any atom is 0.431 e. The number of benzene rings is 1. The Hall–Kier alpha value is -3.04. The molecule has 2 aliphatic heterocycles. The van der Waals surface area contributed by atoms with Crippen LogP contribution in [0.15, 0.2) is 82.7 Å². The molecule has 2 aromatic rings. The number of rotatable bonds is 3. The predicted molar refractivity (Wildman–Crippen MR) is 121 cm³/mol. The second-order valence-corrected chi connectivity index (χ2v) is 9.09. The van der Waals surface area contributed by atoms with Crippen LogP contribution in [0.3, 0.4) is 0 Å². The van der Waals surface area contributed by atoms with E-state index in [9.17, 15) is 18.0 Å². The number of anilines is 1. The van der Waals surface area contributed by atoms with Crippen molar-refractivity contribution < 1.29 is 22.7 Å². The summed E-state index contributed by atoms with van der Waals surface area (Å²) in [7, 11) is 1.57. The number of hydrogen-bond donors (Lipinski definition) is 0. The van der Waals surface area contributed by atoms with Gasteiger partial charge in [-0.05, 0) is 55.0 Å². The fourth-order valence-electron chi connectivity index (χ4n) is 4.91.